The van der Waals surface area contributed by atoms with Gasteiger partial charge in [-0.25, -0.2) is 0 Å². The van der Waals surface area contributed by atoms with Crippen molar-refractivity contribution in [2.24, 2.45) is 0 Å². The van der Waals surface area contributed by atoms with Gasteiger partial charge >= 0.3 is 0 Å². The molecule has 0 amide bonds. The van der Waals surface area contributed by atoms with E-state index in [1.54, 1.807) is 0 Å². The molecule has 0 aliphatic heterocycles. The normalized spacial score (nSPS) is 12.3. The van der Waals surface area contributed by atoms with Gasteiger partial charge in [0.1, 0.15) is 0 Å². The zero-order chi connectivity index (χ0) is 17.1. The number of benzene rings is 1. The minimum Gasteiger partial charge on any atom is -0.483 e. The van der Waals surface area contributed by atoms with E-state index in [-0.39, 0.29) is 0 Å². The topological polar surface area (TPSA) is 9.23 Å². The number of aryl methyl sites for hydroxylation is 1. The lowest BCUT2D eigenvalue weighted by molar-refractivity contribution is 0.337. The molecule has 124 valence electrons. The Bertz CT molecular complexity index is 498. The maximum Gasteiger partial charge on any atom is 0.191 e. The second-order valence-corrected chi connectivity index (χ2v) is 13.5. The molecule has 0 saturated heterocycles. The van der Waals surface area contributed by atoms with E-state index in [0.29, 0.717) is 28.3 Å². The number of ether oxygens (including phenoxy) is 1. The molecule has 0 aromatic heterocycles. The number of hydrogen-bond donors (Lipinski definition) is 0. The van der Waals surface area contributed by atoms with Crippen LogP contribution in [0.3, 0.4) is 0 Å². The van der Waals surface area contributed by atoms with Crippen LogP contribution in [-0.4, -0.2) is 19.7 Å². The molecule has 0 N–H and O–H groups in total. The first-order valence-corrected chi connectivity index (χ1v) is 11.1. The predicted octanol–water partition coefficient (Wildman–Crippen LogP) is 5.59. The monoisotopic (exact) mass is 336 g/mol. The molecule has 0 heterocycles. The summed E-state index contributed by atoms with van der Waals surface area (Å²) >= 11 is 5.45. The Morgan fingerprint density at radius 3 is 1.91 bits per heavy atom. The zero-order valence-electron chi connectivity index (χ0n) is 15.5. The highest BCUT2D eigenvalue weighted by Gasteiger charge is 2.44. The van der Waals surface area contributed by atoms with Gasteiger partial charge in [-0.15, -0.1) is 0 Å². The Balaban J connectivity index is 3.53. The summed E-state index contributed by atoms with van der Waals surface area (Å²) in [5.74, 6) is 0. The molecular formula is C19H32OSSi. The van der Waals surface area contributed by atoms with E-state index in [1.807, 2.05) is 6.92 Å². The zero-order valence-corrected chi connectivity index (χ0v) is 17.3. The lowest BCUT2D eigenvalue weighted by atomic mass is 10.1. The molecule has 1 aromatic rings. The van der Waals surface area contributed by atoms with Crippen LogP contribution in [0.2, 0.25) is 16.6 Å². The SMILES string of the molecule is CCOC(=S)c1cc(C)cc([Si](C(C)C)(C(C)C)C(C)C)c1. The Kier molecular flexibility index (Phi) is 6.81. The summed E-state index contributed by atoms with van der Waals surface area (Å²) in [5, 5.41) is 2.16. The molecule has 1 nitrogen and oxygen atoms in total. The average Bonchev–Trinajstić information content (AvgIpc) is 2.37. The van der Waals surface area contributed by atoms with Gasteiger partial charge in [-0.3, -0.25) is 0 Å². The summed E-state index contributed by atoms with van der Waals surface area (Å²) in [4.78, 5) is 0. The van der Waals surface area contributed by atoms with Crippen molar-refractivity contribution >= 4 is 30.5 Å². The minimum atomic E-state index is -1.65. The molecule has 1 aromatic carbocycles. The van der Waals surface area contributed by atoms with Gasteiger partial charge in [0, 0.05) is 5.56 Å². The van der Waals surface area contributed by atoms with Crippen LogP contribution in [0, 0.1) is 6.92 Å². The van der Waals surface area contributed by atoms with Crippen LogP contribution in [0.25, 0.3) is 0 Å². The van der Waals surface area contributed by atoms with E-state index in [9.17, 15) is 0 Å². The minimum absolute atomic E-state index is 0.628. The largest absolute Gasteiger partial charge is 0.483 e. The van der Waals surface area contributed by atoms with E-state index in [2.05, 4.69) is 66.7 Å². The molecule has 22 heavy (non-hydrogen) atoms. The smallest absolute Gasteiger partial charge is 0.191 e. The van der Waals surface area contributed by atoms with Crippen LogP contribution >= 0.6 is 12.2 Å². The first kappa shape index (κ1) is 19.4. The molecule has 0 atom stereocenters. The molecule has 0 saturated carbocycles. The van der Waals surface area contributed by atoms with Crippen LogP contribution in [0.4, 0.5) is 0 Å². The summed E-state index contributed by atoms with van der Waals surface area (Å²) in [5.41, 5.74) is 4.45. The molecule has 0 spiro atoms. The van der Waals surface area contributed by atoms with Crippen LogP contribution in [-0.2, 0) is 4.74 Å². The molecule has 1 rings (SSSR count). The van der Waals surface area contributed by atoms with Gasteiger partial charge in [-0.2, -0.15) is 0 Å². The van der Waals surface area contributed by atoms with Gasteiger partial charge in [-0.1, -0.05) is 64.4 Å². The van der Waals surface area contributed by atoms with Crippen LogP contribution in [0.5, 0.6) is 0 Å². The van der Waals surface area contributed by atoms with Crippen molar-refractivity contribution in [2.45, 2.75) is 72.0 Å². The van der Waals surface area contributed by atoms with E-state index in [4.69, 9.17) is 17.0 Å². The van der Waals surface area contributed by atoms with Crippen molar-refractivity contribution in [1.29, 1.82) is 0 Å². The number of hydrogen-bond acceptors (Lipinski definition) is 2. The van der Waals surface area contributed by atoms with Gasteiger partial charge in [0.2, 0.25) is 0 Å². The fourth-order valence-corrected chi connectivity index (χ4v) is 11.5. The summed E-state index contributed by atoms with van der Waals surface area (Å²) in [6.07, 6.45) is 0. The van der Waals surface area contributed by atoms with E-state index in [1.165, 1.54) is 10.8 Å². The van der Waals surface area contributed by atoms with Crippen molar-refractivity contribution in [3.8, 4) is 0 Å². The summed E-state index contributed by atoms with van der Waals surface area (Å²) in [7, 11) is -1.65. The predicted molar refractivity (Wildman–Crippen MR) is 105 cm³/mol. The number of rotatable bonds is 6. The third-order valence-corrected chi connectivity index (χ3v) is 12.3. The third-order valence-electron chi connectivity index (χ3n) is 4.95. The lowest BCUT2D eigenvalue weighted by Crippen LogP contribution is -2.55. The van der Waals surface area contributed by atoms with E-state index in [0.717, 1.165) is 5.56 Å². The standard InChI is InChI=1S/C19H32OSSi/c1-9-20-19(21)17-10-16(8)11-18(12-17)22(13(2)3,14(4)5)15(6)7/h10-15H,9H2,1-8H3. The lowest BCUT2D eigenvalue weighted by Gasteiger charge is -2.44. The number of thiocarbonyl (C=S) groups is 1. The second-order valence-electron chi connectivity index (χ2n) is 7.21. The highest BCUT2D eigenvalue weighted by atomic mass is 32.1. The Labute approximate surface area is 143 Å². The van der Waals surface area contributed by atoms with Crippen molar-refractivity contribution in [3.05, 3.63) is 29.3 Å². The molecular weight excluding hydrogens is 304 g/mol. The molecule has 0 aliphatic rings. The highest BCUT2D eigenvalue weighted by Crippen LogP contribution is 2.41. The van der Waals surface area contributed by atoms with Gasteiger partial charge in [-0.05, 0) is 48.8 Å². The molecule has 0 bridgehead atoms. The van der Waals surface area contributed by atoms with Gasteiger partial charge in [0.15, 0.2) is 5.05 Å². The first-order chi connectivity index (χ1) is 10.2. The fourth-order valence-electron chi connectivity index (χ4n) is 4.37. The van der Waals surface area contributed by atoms with Crippen LogP contribution in [0.15, 0.2) is 18.2 Å². The Morgan fingerprint density at radius 1 is 1.00 bits per heavy atom. The van der Waals surface area contributed by atoms with Crippen molar-refractivity contribution in [1.82, 2.24) is 0 Å². The fraction of sp³-hybridized carbons (Fsp3) is 0.632. The first-order valence-electron chi connectivity index (χ1n) is 8.47. The summed E-state index contributed by atoms with van der Waals surface area (Å²) in [6.45, 7) is 19.2. The van der Waals surface area contributed by atoms with Crippen molar-refractivity contribution < 1.29 is 4.74 Å². The molecule has 0 fully saturated rings. The van der Waals surface area contributed by atoms with E-state index < -0.39 is 8.07 Å². The second kappa shape index (κ2) is 7.74. The molecule has 3 heteroatoms. The van der Waals surface area contributed by atoms with Crippen LogP contribution in [0.1, 0.15) is 59.6 Å². The summed E-state index contributed by atoms with van der Waals surface area (Å²) in [6, 6.07) is 6.86. The van der Waals surface area contributed by atoms with Crippen molar-refractivity contribution in [3.63, 3.8) is 0 Å². The van der Waals surface area contributed by atoms with Gasteiger partial charge in [0.25, 0.3) is 0 Å². The van der Waals surface area contributed by atoms with Crippen LogP contribution < -0.4 is 5.19 Å². The average molecular weight is 337 g/mol. The van der Waals surface area contributed by atoms with Gasteiger partial charge < -0.3 is 4.74 Å². The summed E-state index contributed by atoms with van der Waals surface area (Å²) < 4.78 is 5.58. The van der Waals surface area contributed by atoms with E-state index >= 15 is 0 Å². The maximum absolute atomic E-state index is 5.58. The molecule has 0 unspecified atom stereocenters. The molecule has 0 aliphatic carbocycles. The third kappa shape index (κ3) is 3.62. The molecule has 0 radical (unpaired) electrons. The Morgan fingerprint density at radius 2 is 1.50 bits per heavy atom. The van der Waals surface area contributed by atoms with Crippen molar-refractivity contribution in [2.75, 3.05) is 6.61 Å². The quantitative estimate of drug-likeness (QED) is 0.494. The Hall–Kier alpha value is -0.673. The maximum atomic E-state index is 5.58. The van der Waals surface area contributed by atoms with Gasteiger partial charge in [0.05, 0.1) is 14.7 Å². The highest BCUT2D eigenvalue weighted by molar-refractivity contribution is 7.80.